The first kappa shape index (κ1) is 33.0. The van der Waals surface area contributed by atoms with Crippen molar-refractivity contribution in [2.24, 2.45) is 11.7 Å². The molecule has 49 heavy (non-hydrogen) atoms. The van der Waals surface area contributed by atoms with E-state index >= 15 is 0 Å². The van der Waals surface area contributed by atoms with Crippen LogP contribution in [-0.4, -0.2) is 78.4 Å². The van der Waals surface area contributed by atoms with Crippen molar-refractivity contribution in [3.8, 4) is 0 Å². The van der Waals surface area contributed by atoms with Gasteiger partial charge in [-0.2, -0.15) is 0 Å². The molecule has 0 saturated carbocycles. The van der Waals surface area contributed by atoms with E-state index in [4.69, 9.17) is 10.7 Å². The summed E-state index contributed by atoms with van der Waals surface area (Å²) in [5.74, 6) is 1.26. The molecule has 3 amide bonds. The lowest BCUT2D eigenvalue weighted by Crippen LogP contribution is -2.41. The lowest BCUT2D eigenvalue weighted by molar-refractivity contribution is -0.134. The van der Waals surface area contributed by atoms with Gasteiger partial charge >= 0.3 is 0 Å². The minimum Gasteiger partial charge on any atom is -0.372 e. The molecule has 0 unspecified atom stereocenters. The number of likely N-dealkylation sites (tertiary alicyclic amines) is 1. The molecule has 4 aliphatic rings. The number of nitrogens with two attached hydrogens (primary N) is 1. The Balaban J connectivity index is 0.868. The lowest BCUT2D eigenvalue weighted by atomic mass is 9.88. The number of anilines is 4. The highest BCUT2D eigenvalue weighted by Gasteiger charge is 2.29. The Labute approximate surface area is 288 Å². The van der Waals surface area contributed by atoms with Crippen molar-refractivity contribution in [1.29, 1.82) is 0 Å². The number of nitrogens with one attached hydrogen (secondary N) is 2. The van der Waals surface area contributed by atoms with Crippen LogP contribution in [0.1, 0.15) is 91.2 Å². The second-order valence-electron chi connectivity index (χ2n) is 14.2. The van der Waals surface area contributed by atoms with Crippen LogP contribution in [0.4, 0.5) is 23.0 Å². The first-order chi connectivity index (χ1) is 23.9. The van der Waals surface area contributed by atoms with Gasteiger partial charge < -0.3 is 25.8 Å². The Hall–Kier alpha value is -4.51. The topological polar surface area (TPSA) is 137 Å². The SMILES string of the molecule is NC(=O)c1ncc(N2CCCCC2)nc1Nc1ccc(C2CCN(CC3CCN(c4ccc([C@H]5CCC(=O)NC5=O)cc4)CC3)CC2)cc1. The summed E-state index contributed by atoms with van der Waals surface area (Å²) in [6, 6.07) is 16.9. The van der Waals surface area contributed by atoms with Gasteiger partial charge in [0.05, 0.1) is 12.1 Å². The summed E-state index contributed by atoms with van der Waals surface area (Å²) in [5, 5.41) is 5.78. The Morgan fingerprint density at radius 2 is 1.51 bits per heavy atom. The third kappa shape index (κ3) is 7.88. The number of benzene rings is 2. The van der Waals surface area contributed by atoms with E-state index in [9.17, 15) is 14.4 Å². The number of rotatable bonds is 9. The molecule has 0 aliphatic carbocycles. The summed E-state index contributed by atoms with van der Waals surface area (Å²) in [6.07, 6.45) is 10.8. The molecule has 0 radical (unpaired) electrons. The Kier molecular flexibility index (Phi) is 10.1. The molecule has 258 valence electrons. The predicted molar refractivity (Wildman–Crippen MR) is 191 cm³/mol. The summed E-state index contributed by atoms with van der Waals surface area (Å²) in [5.41, 5.74) is 10.2. The summed E-state index contributed by atoms with van der Waals surface area (Å²) in [4.78, 5) is 52.3. The monoisotopic (exact) mass is 664 g/mol. The van der Waals surface area contributed by atoms with Gasteiger partial charge in [-0.3, -0.25) is 19.7 Å². The third-order valence-corrected chi connectivity index (χ3v) is 10.9. The fourth-order valence-corrected chi connectivity index (χ4v) is 8.01. The van der Waals surface area contributed by atoms with Gasteiger partial charge in [0, 0.05) is 50.5 Å². The zero-order valence-corrected chi connectivity index (χ0v) is 28.3. The summed E-state index contributed by atoms with van der Waals surface area (Å²) in [7, 11) is 0. The van der Waals surface area contributed by atoms with Crippen LogP contribution >= 0.6 is 0 Å². The number of primary amides is 1. The number of nitrogens with zero attached hydrogens (tertiary/aromatic N) is 5. The van der Waals surface area contributed by atoms with Crippen LogP contribution in [0.15, 0.2) is 54.7 Å². The molecule has 11 heteroatoms. The maximum atomic E-state index is 12.3. The molecule has 5 heterocycles. The molecule has 4 N–H and O–H groups in total. The van der Waals surface area contributed by atoms with Gasteiger partial charge in [0.15, 0.2) is 11.5 Å². The zero-order valence-electron chi connectivity index (χ0n) is 28.3. The lowest BCUT2D eigenvalue weighted by Gasteiger charge is -2.38. The van der Waals surface area contributed by atoms with Crippen LogP contribution in [0.5, 0.6) is 0 Å². The highest BCUT2D eigenvalue weighted by molar-refractivity contribution is 6.01. The smallest absolute Gasteiger partial charge is 0.271 e. The first-order valence-corrected chi connectivity index (χ1v) is 18.1. The van der Waals surface area contributed by atoms with Gasteiger partial charge in [0.1, 0.15) is 5.82 Å². The van der Waals surface area contributed by atoms with E-state index in [2.05, 4.69) is 78.8 Å². The van der Waals surface area contributed by atoms with Crippen LogP contribution in [-0.2, 0) is 9.59 Å². The van der Waals surface area contributed by atoms with Gasteiger partial charge in [-0.25, -0.2) is 9.97 Å². The van der Waals surface area contributed by atoms with Crippen molar-refractivity contribution in [2.45, 2.75) is 69.6 Å². The molecule has 3 aromatic rings. The highest BCUT2D eigenvalue weighted by atomic mass is 16.2. The summed E-state index contributed by atoms with van der Waals surface area (Å²) < 4.78 is 0. The van der Waals surface area contributed by atoms with Crippen molar-refractivity contribution in [3.05, 3.63) is 71.5 Å². The van der Waals surface area contributed by atoms with Crippen LogP contribution in [0.3, 0.4) is 0 Å². The number of aromatic nitrogens is 2. The number of hydrogen-bond donors (Lipinski definition) is 3. The minimum absolute atomic E-state index is 0.156. The van der Waals surface area contributed by atoms with Crippen molar-refractivity contribution in [3.63, 3.8) is 0 Å². The van der Waals surface area contributed by atoms with E-state index in [0.29, 0.717) is 30.5 Å². The minimum atomic E-state index is -0.590. The first-order valence-electron chi connectivity index (χ1n) is 18.1. The van der Waals surface area contributed by atoms with E-state index in [-0.39, 0.29) is 23.4 Å². The number of imide groups is 1. The van der Waals surface area contributed by atoms with Crippen molar-refractivity contribution >= 4 is 40.7 Å². The van der Waals surface area contributed by atoms with E-state index in [0.717, 1.165) is 88.6 Å². The number of amides is 3. The van der Waals surface area contributed by atoms with E-state index in [1.165, 1.54) is 30.5 Å². The van der Waals surface area contributed by atoms with Gasteiger partial charge in [0.25, 0.3) is 5.91 Å². The zero-order chi connectivity index (χ0) is 33.7. The van der Waals surface area contributed by atoms with Crippen molar-refractivity contribution in [2.75, 3.05) is 60.9 Å². The Bertz CT molecular complexity index is 1620. The molecule has 0 spiro atoms. The van der Waals surface area contributed by atoms with Crippen LogP contribution in [0.2, 0.25) is 0 Å². The number of piperidine rings is 4. The van der Waals surface area contributed by atoms with E-state index in [1.54, 1.807) is 6.20 Å². The molecule has 1 aromatic heterocycles. The molecule has 1 atom stereocenters. The van der Waals surface area contributed by atoms with Gasteiger partial charge in [-0.05, 0) is 112 Å². The average Bonchev–Trinajstić information content (AvgIpc) is 3.13. The molecule has 11 nitrogen and oxygen atoms in total. The molecule has 4 aliphatic heterocycles. The van der Waals surface area contributed by atoms with Gasteiger partial charge in [-0.1, -0.05) is 24.3 Å². The summed E-state index contributed by atoms with van der Waals surface area (Å²) >= 11 is 0. The maximum Gasteiger partial charge on any atom is 0.271 e. The van der Waals surface area contributed by atoms with Crippen LogP contribution in [0, 0.1) is 5.92 Å². The fourth-order valence-electron chi connectivity index (χ4n) is 8.01. The largest absolute Gasteiger partial charge is 0.372 e. The molecule has 4 fully saturated rings. The normalized spacial score (nSPS) is 21.4. The number of hydrogen-bond acceptors (Lipinski definition) is 9. The Morgan fingerprint density at radius 3 is 2.18 bits per heavy atom. The van der Waals surface area contributed by atoms with E-state index in [1.807, 2.05) is 0 Å². The van der Waals surface area contributed by atoms with E-state index < -0.39 is 5.91 Å². The van der Waals surface area contributed by atoms with Crippen LogP contribution < -0.4 is 26.2 Å². The number of carbonyl (C=O) groups excluding carboxylic acids is 3. The fraction of sp³-hybridized carbons (Fsp3) is 0.500. The van der Waals surface area contributed by atoms with Gasteiger partial charge in [-0.15, -0.1) is 0 Å². The molecule has 0 bridgehead atoms. The Morgan fingerprint density at radius 1 is 0.816 bits per heavy atom. The average molecular weight is 665 g/mol. The summed E-state index contributed by atoms with van der Waals surface area (Å²) in [6.45, 7) is 7.40. The molecule has 2 aromatic carbocycles. The second-order valence-corrected chi connectivity index (χ2v) is 14.2. The third-order valence-electron chi connectivity index (χ3n) is 10.9. The second kappa shape index (κ2) is 14.9. The number of carbonyl (C=O) groups is 3. The molecular weight excluding hydrogens is 616 g/mol. The standard InChI is InChI=1S/C38H48N8O3/c39-36(48)35-37(42-33(24-40-35)46-18-2-1-3-19-46)41-30-8-4-27(5-9-30)28-16-20-44(21-17-28)25-26-14-22-45(23-15-26)31-10-6-29(7-11-31)32-12-13-34(47)43-38(32)49/h4-11,24,26,28,32H,1-3,12-23,25H2,(H2,39,48)(H,41,42)(H,43,47,49)/t32-/m1/s1. The van der Waals surface area contributed by atoms with Crippen molar-refractivity contribution in [1.82, 2.24) is 20.2 Å². The molecular formula is C38H48N8O3. The quantitative estimate of drug-likeness (QED) is 0.272. The maximum absolute atomic E-state index is 12.3. The van der Waals surface area contributed by atoms with Gasteiger partial charge in [0.2, 0.25) is 11.8 Å². The highest BCUT2D eigenvalue weighted by Crippen LogP contribution is 2.33. The van der Waals surface area contributed by atoms with Crippen molar-refractivity contribution < 1.29 is 14.4 Å². The molecule has 7 rings (SSSR count). The van der Waals surface area contributed by atoms with Crippen LogP contribution in [0.25, 0.3) is 0 Å². The molecule has 4 saturated heterocycles. The predicted octanol–water partition coefficient (Wildman–Crippen LogP) is 4.93.